The first-order chi connectivity index (χ1) is 17.2. The zero-order valence-corrected chi connectivity index (χ0v) is 20.3. The molecule has 1 aromatic heterocycles. The highest BCUT2D eigenvalue weighted by Crippen LogP contribution is 2.10. The van der Waals surface area contributed by atoms with Crippen LogP contribution in [0, 0.1) is 5.92 Å². The molecule has 1 aromatic carbocycles. The predicted molar refractivity (Wildman–Crippen MR) is 130 cm³/mol. The quantitative estimate of drug-likeness (QED) is 0.172. The number of carboxylic acids is 1. The number of hydrogen-bond acceptors (Lipinski definition) is 7. The number of carboxylic acid groups (broad SMARTS) is 1. The summed E-state index contributed by atoms with van der Waals surface area (Å²) in [5, 5.41) is 26.5. The van der Waals surface area contributed by atoms with Crippen LogP contribution in [0.5, 0.6) is 0 Å². The minimum absolute atomic E-state index is 0.00652. The maximum Gasteiger partial charge on any atom is 0.326 e. The van der Waals surface area contributed by atoms with E-state index in [2.05, 4.69) is 25.9 Å². The van der Waals surface area contributed by atoms with E-state index in [1.54, 1.807) is 37.3 Å². The molecule has 0 bridgehead atoms. The largest absolute Gasteiger partial charge is 0.480 e. The van der Waals surface area contributed by atoms with Crippen LogP contribution in [0.1, 0.15) is 31.5 Å². The molecule has 0 saturated carbocycles. The van der Waals surface area contributed by atoms with E-state index in [-0.39, 0.29) is 18.8 Å². The summed E-state index contributed by atoms with van der Waals surface area (Å²) in [6.07, 6.45) is 3.49. The number of carbonyl (C=O) groups is 4. The Morgan fingerprint density at radius 3 is 2.22 bits per heavy atom. The number of hydrogen-bond donors (Lipinski definition) is 7. The molecular formula is C24H34N6O6. The van der Waals surface area contributed by atoms with Crippen molar-refractivity contribution in [3.05, 3.63) is 54.1 Å². The number of aliphatic hydroxyl groups excluding tert-OH is 1. The number of aliphatic hydroxyl groups is 1. The molecule has 0 spiro atoms. The van der Waals surface area contributed by atoms with Gasteiger partial charge in [-0.2, -0.15) is 0 Å². The number of nitrogens with zero attached hydrogens (tertiary/aromatic N) is 1. The van der Waals surface area contributed by atoms with Crippen LogP contribution in [0.4, 0.5) is 0 Å². The van der Waals surface area contributed by atoms with E-state index in [9.17, 15) is 24.3 Å². The lowest BCUT2D eigenvalue weighted by atomic mass is 9.97. The molecule has 0 aliphatic carbocycles. The Balaban J connectivity index is 2.22. The first kappa shape index (κ1) is 28.5. The average Bonchev–Trinajstić information content (AvgIpc) is 3.38. The third-order valence-corrected chi connectivity index (χ3v) is 5.84. The predicted octanol–water partition coefficient (Wildman–Crippen LogP) is -0.900. The molecule has 3 amide bonds. The number of aromatic nitrogens is 2. The van der Waals surface area contributed by atoms with Gasteiger partial charge in [0, 0.05) is 24.7 Å². The average molecular weight is 503 g/mol. The Morgan fingerprint density at radius 2 is 1.67 bits per heavy atom. The number of aromatic amines is 1. The van der Waals surface area contributed by atoms with Crippen LogP contribution in [0.2, 0.25) is 0 Å². The van der Waals surface area contributed by atoms with E-state index >= 15 is 0 Å². The molecular weight excluding hydrogens is 468 g/mol. The second-order valence-corrected chi connectivity index (χ2v) is 8.59. The summed E-state index contributed by atoms with van der Waals surface area (Å²) < 4.78 is 0. The van der Waals surface area contributed by atoms with Crippen LogP contribution in [0.15, 0.2) is 42.9 Å². The topological polar surface area (TPSA) is 200 Å². The number of aliphatic carboxylic acids is 1. The molecule has 2 aromatic rings. The third kappa shape index (κ3) is 8.47. The highest BCUT2D eigenvalue weighted by atomic mass is 16.4. The fourth-order valence-electron chi connectivity index (χ4n) is 3.45. The van der Waals surface area contributed by atoms with Gasteiger partial charge in [-0.1, -0.05) is 50.6 Å². The highest BCUT2D eigenvalue weighted by molar-refractivity contribution is 5.94. The fourth-order valence-corrected chi connectivity index (χ4v) is 3.45. The second kappa shape index (κ2) is 14.0. The summed E-state index contributed by atoms with van der Waals surface area (Å²) in [7, 11) is 0. The third-order valence-electron chi connectivity index (χ3n) is 5.84. The van der Waals surface area contributed by atoms with E-state index in [0.29, 0.717) is 12.1 Å². The molecule has 8 N–H and O–H groups in total. The SMILES string of the molecule is CCC(C)C(NC(=O)C(N)CO)C(=O)NC(Cc1cnc[nH]1)C(=O)NC(Cc1ccccc1)C(=O)O. The maximum absolute atomic E-state index is 13.2. The Morgan fingerprint density at radius 1 is 1.00 bits per heavy atom. The van der Waals surface area contributed by atoms with Crippen LogP contribution >= 0.6 is 0 Å². The van der Waals surface area contributed by atoms with Crippen LogP contribution in [0.25, 0.3) is 0 Å². The standard InChI is InChI=1S/C24H34N6O6/c1-3-14(2)20(30-21(32)17(25)12-31)23(34)28-18(10-16-11-26-13-27-16)22(33)29-19(24(35)36)9-15-7-5-4-6-8-15/h4-8,11,13-14,17-20,31H,3,9-10,12,25H2,1-2H3,(H,26,27)(H,28,34)(H,29,33)(H,30,32)(H,35,36). The van der Waals surface area contributed by atoms with E-state index in [0.717, 1.165) is 5.56 Å². The molecule has 12 heteroatoms. The molecule has 5 atom stereocenters. The fraction of sp³-hybridized carbons (Fsp3) is 0.458. The van der Waals surface area contributed by atoms with Gasteiger partial charge in [-0.25, -0.2) is 9.78 Å². The van der Waals surface area contributed by atoms with Gasteiger partial charge in [0.2, 0.25) is 17.7 Å². The Bertz CT molecular complexity index is 1000. The van der Waals surface area contributed by atoms with Gasteiger partial charge >= 0.3 is 5.97 Å². The number of imidazole rings is 1. The number of nitrogens with one attached hydrogen (secondary N) is 4. The van der Waals surface area contributed by atoms with Crippen LogP contribution in [-0.2, 0) is 32.0 Å². The van der Waals surface area contributed by atoms with Gasteiger partial charge in [-0.05, 0) is 11.5 Å². The zero-order valence-electron chi connectivity index (χ0n) is 20.3. The van der Waals surface area contributed by atoms with Crippen molar-refractivity contribution >= 4 is 23.7 Å². The normalized spacial score (nSPS) is 15.1. The van der Waals surface area contributed by atoms with E-state index in [4.69, 9.17) is 10.8 Å². The number of amides is 3. The van der Waals surface area contributed by atoms with Crippen LogP contribution in [0.3, 0.4) is 0 Å². The summed E-state index contributed by atoms with van der Waals surface area (Å²) in [5.41, 5.74) is 6.83. The minimum Gasteiger partial charge on any atom is -0.480 e. The number of nitrogens with two attached hydrogens (primary N) is 1. The van der Waals surface area contributed by atoms with Crippen molar-refractivity contribution in [1.29, 1.82) is 0 Å². The van der Waals surface area contributed by atoms with Gasteiger partial charge in [-0.15, -0.1) is 0 Å². The molecule has 0 fully saturated rings. The smallest absolute Gasteiger partial charge is 0.326 e. The van der Waals surface area contributed by atoms with Crippen molar-refractivity contribution in [1.82, 2.24) is 25.9 Å². The lowest BCUT2D eigenvalue weighted by molar-refractivity contribution is -0.142. The van der Waals surface area contributed by atoms with Crippen molar-refractivity contribution in [2.24, 2.45) is 11.7 Å². The van der Waals surface area contributed by atoms with Gasteiger partial charge in [-0.3, -0.25) is 14.4 Å². The van der Waals surface area contributed by atoms with E-state index in [1.807, 2.05) is 6.92 Å². The van der Waals surface area contributed by atoms with Crippen molar-refractivity contribution < 1.29 is 29.4 Å². The number of carbonyl (C=O) groups excluding carboxylic acids is 3. The summed E-state index contributed by atoms with van der Waals surface area (Å²) in [5.74, 6) is -3.59. The van der Waals surface area contributed by atoms with Gasteiger partial charge < -0.3 is 36.9 Å². The molecule has 36 heavy (non-hydrogen) atoms. The summed E-state index contributed by atoms with van der Waals surface area (Å²) in [6.45, 7) is 2.99. The monoisotopic (exact) mass is 502 g/mol. The van der Waals surface area contributed by atoms with Gasteiger partial charge in [0.05, 0.1) is 12.9 Å². The van der Waals surface area contributed by atoms with Gasteiger partial charge in [0.25, 0.3) is 0 Å². The molecule has 1 heterocycles. The molecule has 12 nitrogen and oxygen atoms in total. The first-order valence-electron chi connectivity index (χ1n) is 11.7. The van der Waals surface area contributed by atoms with Gasteiger partial charge in [0.15, 0.2) is 0 Å². The molecule has 0 radical (unpaired) electrons. The van der Waals surface area contributed by atoms with Crippen LogP contribution in [-0.4, -0.2) is 74.6 Å². The lowest BCUT2D eigenvalue weighted by Crippen LogP contribution is -2.59. The molecule has 0 saturated heterocycles. The Kier molecular flexibility index (Phi) is 11.0. The minimum atomic E-state index is -1.23. The summed E-state index contributed by atoms with van der Waals surface area (Å²) in [4.78, 5) is 57.2. The number of H-pyrrole nitrogens is 1. The number of benzene rings is 1. The van der Waals surface area contributed by atoms with Crippen molar-refractivity contribution in [2.45, 2.75) is 57.3 Å². The van der Waals surface area contributed by atoms with Crippen molar-refractivity contribution in [2.75, 3.05) is 6.61 Å². The first-order valence-corrected chi connectivity index (χ1v) is 11.7. The van der Waals surface area contributed by atoms with Crippen molar-refractivity contribution in [3.8, 4) is 0 Å². The number of rotatable bonds is 14. The summed E-state index contributed by atoms with van der Waals surface area (Å²) >= 11 is 0. The zero-order chi connectivity index (χ0) is 26.7. The summed E-state index contributed by atoms with van der Waals surface area (Å²) in [6, 6.07) is 4.21. The van der Waals surface area contributed by atoms with E-state index in [1.165, 1.54) is 12.5 Å². The lowest BCUT2D eigenvalue weighted by Gasteiger charge is -2.27. The molecule has 0 aliphatic rings. The van der Waals surface area contributed by atoms with Crippen molar-refractivity contribution in [3.63, 3.8) is 0 Å². The van der Waals surface area contributed by atoms with Gasteiger partial charge in [0.1, 0.15) is 24.2 Å². The maximum atomic E-state index is 13.2. The highest BCUT2D eigenvalue weighted by Gasteiger charge is 2.32. The van der Waals surface area contributed by atoms with E-state index < -0.39 is 54.5 Å². The Hall–Kier alpha value is -3.77. The molecule has 0 aliphatic heterocycles. The Labute approximate surface area is 209 Å². The molecule has 5 unspecified atom stereocenters. The molecule has 196 valence electrons. The molecule has 2 rings (SSSR count). The second-order valence-electron chi connectivity index (χ2n) is 8.59. The van der Waals surface area contributed by atoms with Crippen LogP contribution < -0.4 is 21.7 Å².